The van der Waals surface area contributed by atoms with Crippen molar-refractivity contribution in [2.45, 2.75) is 0 Å². The number of H-pyrrole nitrogens is 1. The molecule has 0 aliphatic rings. The van der Waals surface area contributed by atoms with Crippen LogP contribution >= 0.6 is 0 Å². The van der Waals surface area contributed by atoms with Gasteiger partial charge in [-0.1, -0.05) is 6.07 Å². The third-order valence-corrected chi connectivity index (χ3v) is 3.64. The summed E-state index contributed by atoms with van der Waals surface area (Å²) in [5.41, 5.74) is 3.42. The Balaban J connectivity index is 2.02. The van der Waals surface area contributed by atoms with Crippen LogP contribution in [0.3, 0.4) is 0 Å². The summed E-state index contributed by atoms with van der Waals surface area (Å²) in [7, 11) is 0. The molecule has 0 saturated carbocycles. The van der Waals surface area contributed by atoms with Crippen molar-refractivity contribution < 1.29 is 10.2 Å². The second kappa shape index (κ2) is 4.24. The summed E-state index contributed by atoms with van der Waals surface area (Å²) in [6.45, 7) is 0. The van der Waals surface area contributed by atoms with E-state index in [1.165, 1.54) is 0 Å². The molecule has 0 fully saturated rings. The number of hydrogen-bond donors (Lipinski definition) is 3. The molecule has 4 nitrogen and oxygen atoms in total. The van der Waals surface area contributed by atoms with Crippen LogP contribution in [0.5, 0.6) is 11.5 Å². The second-order valence-electron chi connectivity index (χ2n) is 4.99. The number of aromatic nitrogens is 2. The molecule has 4 aromatic rings. The van der Waals surface area contributed by atoms with Gasteiger partial charge in [-0.05, 0) is 42.5 Å². The number of fused-ring (bicyclic) bond motifs is 2. The summed E-state index contributed by atoms with van der Waals surface area (Å²) >= 11 is 0. The first-order valence-electron chi connectivity index (χ1n) is 6.61. The molecule has 2 heterocycles. The SMILES string of the molecule is Oc1ccc2[nH]c(-c3ccc(O)c4ncccc34)cc2c1. The Hall–Kier alpha value is -3.01. The van der Waals surface area contributed by atoms with E-state index in [4.69, 9.17) is 0 Å². The topological polar surface area (TPSA) is 69.1 Å². The smallest absolute Gasteiger partial charge is 0.141 e. The van der Waals surface area contributed by atoms with Crippen LogP contribution in [0.1, 0.15) is 0 Å². The number of rotatable bonds is 1. The molecule has 3 N–H and O–H groups in total. The molecule has 102 valence electrons. The average Bonchev–Trinajstić information content (AvgIpc) is 2.90. The number of phenolic OH excluding ortho intramolecular Hbond substituents is 2. The highest BCUT2D eigenvalue weighted by Crippen LogP contribution is 2.34. The molecule has 21 heavy (non-hydrogen) atoms. The van der Waals surface area contributed by atoms with Gasteiger partial charge in [0.15, 0.2) is 0 Å². The Morgan fingerprint density at radius 1 is 0.952 bits per heavy atom. The predicted octanol–water partition coefficient (Wildman–Crippen LogP) is 3.79. The predicted molar refractivity (Wildman–Crippen MR) is 82.4 cm³/mol. The van der Waals surface area contributed by atoms with Gasteiger partial charge in [-0.25, -0.2) is 0 Å². The summed E-state index contributed by atoms with van der Waals surface area (Å²) in [4.78, 5) is 7.56. The fourth-order valence-electron chi connectivity index (χ4n) is 2.66. The number of phenols is 2. The Kier molecular flexibility index (Phi) is 2.38. The minimum atomic E-state index is 0.170. The minimum absolute atomic E-state index is 0.170. The first-order valence-corrected chi connectivity index (χ1v) is 6.61. The molecule has 0 unspecified atom stereocenters. The second-order valence-corrected chi connectivity index (χ2v) is 4.99. The quantitative estimate of drug-likeness (QED) is 0.495. The zero-order valence-electron chi connectivity index (χ0n) is 11.0. The molecule has 0 saturated heterocycles. The van der Waals surface area contributed by atoms with Crippen molar-refractivity contribution in [3.05, 3.63) is 54.7 Å². The number of aromatic amines is 1. The molecule has 0 bridgehead atoms. The van der Waals surface area contributed by atoms with Crippen LogP contribution in [0, 0.1) is 0 Å². The van der Waals surface area contributed by atoms with E-state index in [1.807, 2.05) is 30.3 Å². The van der Waals surface area contributed by atoms with Crippen LogP contribution < -0.4 is 0 Å². The largest absolute Gasteiger partial charge is 0.508 e. The van der Waals surface area contributed by atoms with E-state index in [2.05, 4.69) is 9.97 Å². The zero-order chi connectivity index (χ0) is 14.4. The molecule has 0 atom stereocenters. The normalized spacial score (nSPS) is 11.2. The Morgan fingerprint density at radius 3 is 2.76 bits per heavy atom. The molecule has 0 radical (unpaired) electrons. The maximum absolute atomic E-state index is 9.91. The highest BCUT2D eigenvalue weighted by atomic mass is 16.3. The van der Waals surface area contributed by atoms with Crippen LogP contribution in [0.2, 0.25) is 0 Å². The van der Waals surface area contributed by atoms with Gasteiger partial charge >= 0.3 is 0 Å². The first-order chi connectivity index (χ1) is 10.2. The fourth-order valence-corrected chi connectivity index (χ4v) is 2.66. The molecular weight excluding hydrogens is 264 g/mol. The summed E-state index contributed by atoms with van der Waals surface area (Å²) in [6.07, 6.45) is 1.66. The van der Waals surface area contributed by atoms with Crippen LogP contribution in [-0.4, -0.2) is 20.2 Å². The monoisotopic (exact) mass is 276 g/mol. The molecule has 4 heteroatoms. The Morgan fingerprint density at radius 2 is 1.86 bits per heavy atom. The van der Waals surface area contributed by atoms with Crippen molar-refractivity contribution in [2.75, 3.05) is 0 Å². The lowest BCUT2D eigenvalue weighted by Gasteiger charge is -2.05. The van der Waals surface area contributed by atoms with E-state index >= 15 is 0 Å². The van der Waals surface area contributed by atoms with Crippen molar-refractivity contribution in [1.82, 2.24) is 9.97 Å². The van der Waals surface area contributed by atoms with Gasteiger partial charge < -0.3 is 15.2 Å². The van der Waals surface area contributed by atoms with Gasteiger partial charge in [-0.2, -0.15) is 0 Å². The molecule has 2 aromatic heterocycles. The Bertz CT molecular complexity index is 973. The van der Waals surface area contributed by atoms with Crippen molar-refractivity contribution in [3.63, 3.8) is 0 Å². The van der Waals surface area contributed by atoms with Gasteiger partial charge in [-0.15, -0.1) is 0 Å². The van der Waals surface area contributed by atoms with E-state index in [9.17, 15) is 10.2 Å². The van der Waals surface area contributed by atoms with Crippen molar-refractivity contribution in [2.24, 2.45) is 0 Å². The van der Waals surface area contributed by atoms with Gasteiger partial charge in [0, 0.05) is 33.7 Å². The number of hydrogen-bond acceptors (Lipinski definition) is 3. The first kappa shape index (κ1) is 11.8. The Labute approximate surface area is 120 Å². The van der Waals surface area contributed by atoms with E-state index in [-0.39, 0.29) is 11.5 Å². The summed E-state index contributed by atoms with van der Waals surface area (Å²) in [6, 6.07) is 14.5. The highest BCUT2D eigenvalue weighted by molar-refractivity contribution is 5.99. The number of nitrogens with one attached hydrogen (secondary N) is 1. The van der Waals surface area contributed by atoms with Crippen LogP contribution in [-0.2, 0) is 0 Å². The van der Waals surface area contributed by atoms with Gasteiger partial charge in [0.2, 0.25) is 0 Å². The summed E-state index contributed by atoms with van der Waals surface area (Å²) in [5, 5.41) is 21.3. The molecule has 0 aliphatic heterocycles. The van der Waals surface area contributed by atoms with E-state index in [1.54, 1.807) is 24.4 Å². The fraction of sp³-hybridized carbons (Fsp3) is 0. The average molecular weight is 276 g/mol. The van der Waals surface area contributed by atoms with Gasteiger partial charge in [0.05, 0.1) is 0 Å². The number of aromatic hydroxyl groups is 2. The van der Waals surface area contributed by atoms with E-state index in [0.29, 0.717) is 5.52 Å². The maximum atomic E-state index is 9.91. The van der Waals surface area contributed by atoms with Crippen molar-refractivity contribution in [3.8, 4) is 22.8 Å². The van der Waals surface area contributed by atoms with Gasteiger partial charge in [-0.3, -0.25) is 4.98 Å². The van der Waals surface area contributed by atoms with Crippen molar-refractivity contribution >= 4 is 21.8 Å². The van der Waals surface area contributed by atoms with Crippen LogP contribution in [0.4, 0.5) is 0 Å². The molecule has 0 amide bonds. The minimum Gasteiger partial charge on any atom is -0.508 e. The van der Waals surface area contributed by atoms with Crippen LogP contribution in [0.25, 0.3) is 33.1 Å². The van der Waals surface area contributed by atoms with Gasteiger partial charge in [0.25, 0.3) is 0 Å². The number of pyridine rings is 1. The molecule has 4 rings (SSSR count). The lowest BCUT2D eigenvalue weighted by molar-refractivity contribution is 0.476. The highest BCUT2D eigenvalue weighted by Gasteiger charge is 2.10. The van der Waals surface area contributed by atoms with Crippen LogP contribution in [0.15, 0.2) is 54.7 Å². The molecular formula is C17H12N2O2. The van der Waals surface area contributed by atoms with E-state index in [0.717, 1.165) is 27.5 Å². The molecule has 0 aliphatic carbocycles. The van der Waals surface area contributed by atoms with Gasteiger partial charge in [0.1, 0.15) is 17.0 Å². The number of nitrogens with zero attached hydrogens (tertiary/aromatic N) is 1. The maximum Gasteiger partial charge on any atom is 0.141 e. The standard InChI is InChI=1S/C17H12N2O2/c20-11-3-5-14-10(8-11)9-15(19-14)12-4-6-16(21)17-13(12)2-1-7-18-17/h1-9,19-21H. The lowest BCUT2D eigenvalue weighted by Crippen LogP contribution is -1.84. The third-order valence-electron chi connectivity index (χ3n) is 3.64. The molecule has 0 spiro atoms. The van der Waals surface area contributed by atoms with Crippen molar-refractivity contribution in [1.29, 1.82) is 0 Å². The number of benzene rings is 2. The third kappa shape index (κ3) is 1.80. The summed E-state index contributed by atoms with van der Waals surface area (Å²) in [5.74, 6) is 0.411. The zero-order valence-corrected chi connectivity index (χ0v) is 11.0. The summed E-state index contributed by atoms with van der Waals surface area (Å²) < 4.78 is 0. The molecule has 2 aromatic carbocycles. The lowest BCUT2D eigenvalue weighted by atomic mass is 10.0. The van der Waals surface area contributed by atoms with E-state index < -0.39 is 0 Å².